The lowest BCUT2D eigenvalue weighted by Gasteiger charge is -2.10. The maximum Gasteiger partial charge on any atom is 0.321 e. The number of aromatic nitrogens is 4. The quantitative estimate of drug-likeness (QED) is 0.769. The predicted molar refractivity (Wildman–Crippen MR) is 91.2 cm³/mol. The van der Waals surface area contributed by atoms with Gasteiger partial charge in [-0.3, -0.25) is 10.1 Å². The molecule has 0 unspecified atom stereocenters. The predicted octanol–water partition coefficient (Wildman–Crippen LogP) is 1.61. The van der Waals surface area contributed by atoms with Crippen molar-refractivity contribution in [1.29, 1.82) is 0 Å². The number of thioether (sulfide) groups is 1. The third-order valence-corrected chi connectivity index (χ3v) is 4.13. The number of carbonyl (C=O) groups excluding carboxylic acids is 2. The molecule has 0 bridgehead atoms. The standard InChI is InChI=1S/C15H20N6O2S/c1-4-8-16-14(23)17-12(22)9-24-15-18-19-20-21(15)13-10(2)6-5-7-11(13)3/h5-7H,4,8-9H2,1-3H3,(H2,16,17,22,23). The van der Waals surface area contributed by atoms with Crippen LogP contribution in [0.2, 0.25) is 0 Å². The summed E-state index contributed by atoms with van der Waals surface area (Å²) >= 11 is 1.17. The highest BCUT2D eigenvalue weighted by Crippen LogP contribution is 2.23. The Bertz CT molecular complexity index is 710. The van der Waals surface area contributed by atoms with Gasteiger partial charge in [-0.1, -0.05) is 36.9 Å². The van der Waals surface area contributed by atoms with Crippen molar-refractivity contribution in [2.75, 3.05) is 12.3 Å². The monoisotopic (exact) mass is 348 g/mol. The molecular formula is C15H20N6O2S. The molecule has 0 spiro atoms. The van der Waals surface area contributed by atoms with Gasteiger partial charge in [0.05, 0.1) is 11.4 Å². The maximum atomic E-state index is 11.8. The van der Waals surface area contributed by atoms with Crippen molar-refractivity contribution in [2.24, 2.45) is 0 Å². The van der Waals surface area contributed by atoms with E-state index in [-0.39, 0.29) is 5.75 Å². The summed E-state index contributed by atoms with van der Waals surface area (Å²) in [5.41, 5.74) is 2.96. The van der Waals surface area contributed by atoms with Crippen LogP contribution in [0.1, 0.15) is 24.5 Å². The van der Waals surface area contributed by atoms with Crippen molar-refractivity contribution >= 4 is 23.7 Å². The molecule has 128 valence electrons. The van der Waals surface area contributed by atoms with Gasteiger partial charge >= 0.3 is 6.03 Å². The fourth-order valence-corrected chi connectivity index (χ4v) is 2.80. The molecule has 0 fully saturated rings. The molecule has 0 atom stereocenters. The van der Waals surface area contributed by atoms with Crippen molar-refractivity contribution in [3.63, 3.8) is 0 Å². The van der Waals surface area contributed by atoms with Crippen LogP contribution in [-0.2, 0) is 4.79 Å². The minimum absolute atomic E-state index is 0.0465. The fraction of sp³-hybridized carbons (Fsp3) is 0.400. The zero-order valence-electron chi connectivity index (χ0n) is 13.9. The summed E-state index contributed by atoms with van der Waals surface area (Å²) in [7, 11) is 0. The third kappa shape index (κ3) is 4.54. The minimum Gasteiger partial charge on any atom is -0.338 e. The van der Waals surface area contributed by atoms with Crippen molar-refractivity contribution in [3.8, 4) is 5.69 Å². The first-order valence-electron chi connectivity index (χ1n) is 7.58. The summed E-state index contributed by atoms with van der Waals surface area (Å²) < 4.78 is 1.61. The van der Waals surface area contributed by atoms with Crippen molar-refractivity contribution < 1.29 is 9.59 Å². The van der Waals surface area contributed by atoms with E-state index in [1.54, 1.807) is 4.68 Å². The van der Waals surface area contributed by atoms with Gasteiger partial charge in [-0.05, 0) is 41.8 Å². The Balaban J connectivity index is 2.02. The Kier molecular flexibility index (Phi) is 6.30. The molecule has 2 aromatic rings. The lowest BCUT2D eigenvalue weighted by molar-refractivity contribution is -0.117. The number of carbonyl (C=O) groups is 2. The van der Waals surface area contributed by atoms with E-state index < -0.39 is 11.9 Å². The van der Waals surface area contributed by atoms with Crippen molar-refractivity contribution in [3.05, 3.63) is 29.3 Å². The largest absolute Gasteiger partial charge is 0.338 e. The van der Waals surface area contributed by atoms with Crippen molar-refractivity contribution in [1.82, 2.24) is 30.8 Å². The second-order valence-corrected chi connectivity index (χ2v) is 6.15. The van der Waals surface area contributed by atoms with Crippen LogP contribution in [0, 0.1) is 13.8 Å². The van der Waals surface area contributed by atoms with E-state index in [0.717, 1.165) is 23.2 Å². The fourth-order valence-electron chi connectivity index (χ4n) is 2.12. The molecule has 0 aliphatic carbocycles. The van der Waals surface area contributed by atoms with Gasteiger partial charge in [0.15, 0.2) is 0 Å². The molecule has 8 nitrogen and oxygen atoms in total. The van der Waals surface area contributed by atoms with Gasteiger partial charge in [-0.2, -0.15) is 4.68 Å². The summed E-state index contributed by atoms with van der Waals surface area (Å²) in [4.78, 5) is 23.3. The molecule has 2 N–H and O–H groups in total. The summed E-state index contributed by atoms with van der Waals surface area (Å²) in [5.74, 6) is -0.352. The number of aryl methyl sites for hydroxylation is 2. The molecule has 1 aromatic heterocycles. The number of tetrazole rings is 1. The Hall–Kier alpha value is -2.42. The van der Waals surface area contributed by atoms with Crippen LogP contribution in [0.4, 0.5) is 4.79 Å². The number of nitrogens with one attached hydrogen (secondary N) is 2. The average molecular weight is 348 g/mol. The van der Waals surface area contributed by atoms with Gasteiger partial charge in [0.1, 0.15) is 0 Å². The Morgan fingerprint density at radius 3 is 2.62 bits per heavy atom. The van der Waals surface area contributed by atoms with E-state index in [1.165, 1.54) is 11.8 Å². The molecule has 9 heteroatoms. The number of nitrogens with zero attached hydrogens (tertiary/aromatic N) is 4. The van der Waals surface area contributed by atoms with Gasteiger partial charge in [-0.15, -0.1) is 5.10 Å². The van der Waals surface area contributed by atoms with Gasteiger partial charge in [-0.25, -0.2) is 4.79 Å². The summed E-state index contributed by atoms with van der Waals surface area (Å²) in [5, 5.41) is 17.0. The highest BCUT2D eigenvalue weighted by atomic mass is 32.2. The molecule has 0 saturated heterocycles. The molecule has 2 rings (SSSR count). The van der Waals surface area contributed by atoms with E-state index >= 15 is 0 Å². The van der Waals surface area contributed by atoms with E-state index in [2.05, 4.69) is 26.2 Å². The number of imide groups is 1. The molecule has 0 aliphatic rings. The molecule has 0 radical (unpaired) electrons. The first kappa shape index (κ1) is 17.9. The van der Waals surface area contributed by atoms with Crippen LogP contribution in [0.5, 0.6) is 0 Å². The van der Waals surface area contributed by atoms with Crippen LogP contribution < -0.4 is 10.6 Å². The molecule has 3 amide bonds. The number of urea groups is 1. The third-order valence-electron chi connectivity index (χ3n) is 3.21. The molecule has 24 heavy (non-hydrogen) atoms. The molecule has 0 aliphatic heterocycles. The Labute approximate surface area is 144 Å². The van der Waals surface area contributed by atoms with E-state index in [1.807, 2.05) is 39.0 Å². The van der Waals surface area contributed by atoms with Gasteiger partial charge in [0, 0.05) is 6.54 Å². The molecule has 0 saturated carbocycles. The van der Waals surface area contributed by atoms with Gasteiger partial charge < -0.3 is 5.32 Å². The second-order valence-electron chi connectivity index (χ2n) is 5.21. The van der Waals surface area contributed by atoms with Crippen molar-refractivity contribution in [2.45, 2.75) is 32.3 Å². The smallest absolute Gasteiger partial charge is 0.321 e. The summed E-state index contributed by atoms with van der Waals surface area (Å²) in [6.45, 7) is 6.41. The topological polar surface area (TPSA) is 102 Å². The second kappa shape index (κ2) is 8.44. The summed E-state index contributed by atoms with van der Waals surface area (Å²) in [6, 6.07) is 5.43. The lowest BCUT2D eigenvalue weighted by Crippen LogP contribution is -2.40. The number of para-hydroxylation sites is 1. The minimum atomic E-state index is -0.489. The maximum absolute atomic E-state index is 11.8. The molecule has 1 aromatic carbocycles. The SMILES string of the molecule is CCCNC(=O)NC(=O)CSc1nnnn1-c1c(C)cccc1C. The van der Waals surface area contributed by atoms with Gasteiger partial charge in [0.25, 0.3) is 0 Å². The number of hydrogen-bond donors (Lipinski definition) is 2. The number of hydrogen-bond acceptors (Lipinski definition) is 6. The zero-order chi connectivity index (χ0) is 17.5. The van der Waals surface area contributed by atoms with Crippen LogP contribution in [0.25, 0.3) is 5.69 Å². The van der Waals surface area contributed by atoms with Crippen LogP contribution in [0.15, 0.2) is 23.4 Å². The van der Waals surface area contributed by atoms with Crippen LogP contribution in [-0.4, -0.2) is 44.4 Å². The highest BCUT2D eigenvalue weighted by Gasteiger charge is 2.15. The number of rotatable bonds is 6. The zero-order valence-corrected chi connectivity index (χ0v) is 14.7. The molecule has 1 heterocycles. The van der Waals surface area contributed by atoms with Crippen LogP contribution in [0.3, 0.4) is 0 Å². The Morgan fingerprint density at radius 2 is 1.96 bits per heavy atom. The average Bonchev–Trinajstić information content (AvgIpc) is 2.99. The molecular weight excluding hydrogens is 328 g/mol. The lowest BCUT2D eigenvalue weighted by atomic mass is 10.1. The van der Waals surface area contributed by atoms with E-state index in [9.17, 15) is 9.59 Å². The van der Waals surface area contributed by atoms with Gasteiger partial charge in [0.2, 0.25) is 11.1 Å². The highest BCUT2D eigenvalue weighted by molar-refractivity contribution is 7.99. The summed E-state index contributed by atoms with van der Waals surface area (Å²) in [6.07, 6.45) is 0.806. The number of amides is 3. The first-order valence-corrected chi connectivity index (χ1v) is 8.57. The van der Waals surface area contributed by atoms with E-state index in [0.29, 0.717) is 11.7 Å². The number of benzene rings is 1. The Morgan fingerprint density at radius 1 is 1.25 bits per heavy atom. The first-order chi connectivity index (χ1) is 11.5. The van der Waals surface area contributed by atoms with Crippen LogP contribution >= 0.6 is 11.8 Å². The van der Waals surface area contributed by atoms with E-state index in [4.69, 9.17) is 0 Å². The normalized spacial score (nSPS) is 10.5.